The molecule has 0 aromatic heterocycles. The van der Waals surface area contributed by atoms with Crippen molar-refractivity contribution in [1.29, 1.82) is 0 Å². The first-order chi connectivity index (χ1) is 12.2. The molecule has 1 aliphatic carbocycles. The lowest BCUT2D eigenvalue weighted by atomic mass is 9.83. The summed E-state index contributed by atoms with van der Waals surface area (Å²) >= 11 is 0. The molecule has 0 amide bonds. The molecule has 6 nitrogen and oxygen atoms in total. The van der Waals surface area contributed by atoms with E-state index in [9.17, 15) is 8.42 Å². The molecule has 0 bridgehead atoms. The minimum Gasteiger partial charge on any atom is -0.357 e. The Balaban J connectivity index is 0.00000364. The molecule has 1 atom stereocenters. The lowest BCUT2D eigenvalue weighted by Gasteiger charge is -2.39. The molecule has 27 heavy (non-hydrogen) atoms. The van der Waals surface area contributed by atoms with Crippen LogP contribution in [-0.4, -0.2) is 81.0 Å². The molecule has 2 rings (SSSR count). The van der Waals surface area contributed by atoms with E-state index in [0.717, 1.165) is 19.0 Å². The summed E-state index contributed by atoms with van der Waals surface area (Å²) in [6.07, 6.45) is 6.61. The molecule has 0 spiro atoms. The molecule has 0 aromatic carbocycles. The predicted octanol–water partition coefficient (Wildman–Crippen LogP) is 2.59. The maximum Gasteiger partial charge on any atom is 0.194 e. The van der Waals surface area contributed by atoms with Gasteiger partial charge in [-0.1, -0.05) is 19.3 Å². The van der Waals surface area contributed by atoms with Crippen LogP contribution in [0.15, 0.2) is 4.99 Å². The SMILES string of the molecule is CCNC(=NCC(C1CCCCC1)N(C)C)N1CCS(=O)(=O)C(C)(C)C1.I. The Bertz CT molecular complexity index is 587. The Kier molecular flexibility index (Phi) is 9.81. The summed E-state index contributed by atoms with van der Waals surface area (Å²) in [6, 6.07) is 0.450. The Hall–Kier alpha value is -0.0900. The van der Waals surface area contributed by atoms with Gasteiger partial charge >= 0.3 is 0 Å². The maximum atomic E-state index is 12.3. The number of hydrogen-bond donors (Lipinski definition) is 1. The van der Waals surface area contributed by atoms with E-state index in [4.69, 9.17) is 4.99 Å². The van der Waals surface area contributed by atoms with E-state index in [2.05, 4.69) is 36.1 Å². The molecule has 2 fully saturated rings. The monoisotopic (exact) mass is 514 g/mol. The van der Waals surface area contributed by atoms with Crippen LogP contribution < -0.4 is 5.32 Å². The van der Waals surface area contributed by atoms with Gasteiger partial charge in [-0.25, -0.2) is 8.42 Å². The number of hydrogen-bond acceptors (Lipinski definition) is 4. The van der Waals surface area contributed by atoms with Crippen LogP contribution in [0.25, 0.3) is 0 Å². The first kappa shape index (κ1) is 24.9. The Morgan fingerprint density at radius 2 is 1.89 bits per heavy atom. The summed E-state index contributed by atoms with van der Waals surface area (Å²) in [5.74, 6) is 1.77. The molecule has 1 saturated carbocycles. The average molecular weight is 515 g/mol. The second-order valence-corrected chi connectivity index (χ2v) is 11.4. The van der Waals surface area contributed by atoms with E-state index in [1.165, 1.54) is 32.1 Å². The number of nitrogens with zero attached hydrogens (tertiary/aromatic N) is 3. The van der Waals surface area contributed by atoms with Crippen molar-refractivity contribution < 1.29 is 8.42 Å². The van der Waals surface area contributed by atoms with E-state index in [-0.39, 0.29) is 29.7 Å². The van der Waals surface area contributed by atoms with Crippen LogP contribution in [0.4, 0.5) is 0 Å². The summed E-state index contributed by atoms with van der Waals surface area (Å²) in [5.41, 5.74) is 0. The Morgan fingerprint density at radius 1 is 1.26 bits per heavy atom. The highest BCUT2D eigenvalue weighted by Gasteiger charge is 2.41. The average Bonchev–Trinajstić information content (AvgIpc) is 2.57. The normalized spacial score (nSPS) is 24.4. The quantitative estimate of drug-likeness (QED) is 0.347. The van der Waals surface area contributed by atoms with Gasteiger partial charge < -0.3 is 15.1 Å². The van der Waals surface area contributed by atoms with Crippen molar-refractivity contribution in [3.63, 3.8) is 0 Å². The first-order valence-electron chi connectivity index (χ1n) is 10.1. The molecule has 1 heterocycles. The summed E-state index contributed by atoms with van der Waals surface area (Å²) in [5, 5.41) is 3.38. The predicted molar refractivity (Wildman–Crippen MR) is 125 cm³/mol. The Morgan fingerprint density at radius 3 is 2.41 bits per heavy atom. The van der Waals surface area contributed by atoms with Crippen molar-refractivity contribution >= 4 is 39.8 Å². The van der Waals surface area contributed by atoms with Crippen molar-refractivity contribution in [2.75, 3.05) is 46.0 Å². The summed E-state index contributed by atoms with van der Waals surface area (Å²) in [6.45, 7) is 8.28. The third-order valence-corrected chi connectivity index (χ3v) is 8.50. The minimum atomic E-state index is -3.04. The maximum absolute atomic E-state index is 12.3. The third kappa shape index (κ3) is 6.45. The van der Waals surface area contributed by atoms with Gasteiger partial charge in [-0.05, 0) is 53.6 Å². The zero-order chi connectivity index (χ0) is 19.4. The molecule has 2 aliphatic rings. The lowest BCUT2D eigenvalue weighted by Crippen LogP contribution is -2.57. The molecule has 0 radical (unpaired) electrons. The van der Waals surface area contributed by atoms with Crippen LogP contribution in [0, 0.1) is 5.92 Å². The molecular formula is C19H39IN4O2S. The van der Waals surface area contributed by atoms with Crippen molar-refractivity contribution in [1.82, 2.24) is 15.1 Å². The fourth-order valence-electron chi connectivity index (χ4n) is 4.18. The van der Waals surface area contributed by atoms with Crippen molar-refractivity contribution in [3.05, 3.63) is 0 Å². The van der Waals surface area contributed by atoms with E-state index >= 15 is 0 Å². The van der Waals surface area contributed by atoms with Gasteiger partial charge in [0.2, 0.25) is 0 Å². The van der Waals surface area contributed by atoms with Gasteiger partial charge in [0, 0.05) is 25.7 Å². The number of guanidine groups is 1. The molecular weight excluding hydrogens is 475 g/mol. The minimum absolute atomic E-state index is 0. The topological polar surface area (TPSA) is 65.0 Å². The van der Waals surface area contributed by atoms with Crippen LogP contribution in [0.1, 0.15) is 52.9 Å². The first-order valence-corrected chi connectivity index (χ1v) is 11.7. The van der Waals surface area contributed by atoms with E-state index < -0.39 is 14.6 Å². The highest BCUT2D eigenvalue weighted by atomic mass is 127. The highest BCUT2D eigenvalue weighted by Crippen LogP contribution is 2.29. The van der Waals surface area contributed by atoms with Crippen LogP contribution in [-0.2, 0) is 9.84 Å². The fourth-order valence-corrected chi connectivity index (χ4v) is 5.55. The van der Waals surface area contributed by atoms with Crippen LogP contribution in [0.5, 0.6) is 0 Å². The number of likely N-dealkylation sites (N-methyl/N-ethyl adjacent to an activating group) is 1. The Labute approximate surface area is 183 Å². The third-order valence-electron chi connectivity index (χ3n) is 5.96. The van der Waals surface area contributed by atoms with E-state index in [1.807, 2.05) is 13.8 Å². The number of rotatable bonds is 5. The van der Waals surface area contributed by atoms with E-state index in [1.54, 1.807) is 0 Å². The number of aliphatic imine (C=N–C) groups is 1. The van der Waals surface area contributed by atoms with E-state index in [0.29, 0.717) is 25.0 Å². The van der Waals surface area contributed by atoms with Crippen LogP contribution in [0.3, 0.4) is 0 Å². The summed E-state index contributed by atoms with van der Waals surface area (Å²) in [4.78, 5) is 9.38. The summed E-state index contributed by atoms with van der Waals surface area (Å²) < 4.78 is 23.9. The molecule has 8 heteroatoms. The molecule has 1 saturated heterocycles. The molecule has 0 aromatic rings. The van der Waals surface area contributed by atoms with Crippen molar-refractivity contribution in [2.24, 2.45) is 10.9 Å². The van der Waals surface area contributed by atoms with Crippen molar-refractivity contribution in [2.45, 2.75) is 63.7 Å². The van der Waals surface area contributed by atoms with Gasteiger partial charge in [0.05, 0.1) is 17.0 Å². The standard InChI is InChI=1S/C19H38N4O2S.HI/c1-6-20-18(23-12-13-26(24,25)19(2,3)15-23)21-14-17(22(4)5)16-10-8-7-9-11-16;/h16-17H,6-15H2,1-5H3,(H,20,21);1H. The number of nitrogens with one attached hydrogen (secondary N) is 1. The lowest BCUT2D eigenvalue weighted by molar-refractivity contribution is 0.175. The molecule has 1 N–H and O–H groups in total. The van der Waals surface area contributed by atoms with Gasteiger partial charge in [-0.15, -0.1) is 24.0 Å². The second kappa shape index (κ2) is 10.6. The smallest absolute Gasteiger partial charge is 0.194 e. The largest absolute Gasteiger partial charge is 0.357 e. The molecule has 1 unspecified atom stereocenters. The number of sulfone groups is 1. The van der Waals surface area contributed by atoms with Gasteiger partial charge in [0.25, 0.3) is 0 Å². The van der Waals surface area contributed by atoms with Gasteiger partial charge in [0.1, 0.15) is 0 Å². The zero-order valence-electron chi connectivity index (χ0n) is 17.7. The van der Waals surface area contributed by atoms with Gasteiger partial charge in [0.15, 0.2) is 15.8 Å². The van der Waals surface area contributed by atoms with Crippen molar-refractivity contribution in [3.8, 4) is 0 Å². The zero-order valence-corrected chi connectivity index (χ0v) is 20.8. The van der Waals surface area contributed by atoms with Gasteiger partial charge in [-0.3, -0.25) is 4.99 Å². The molecule has 160 valence electrons. The summed E-state index contributed by atoms with van der Waals surface area (Å²) in [7, 11) is 1.27. The van der Waals surface area contributed by atoms with Crippen LogP contribution in [0.2, 0.25) is 0 Å². The van der Waals surface area contributed by atoms with Crippen LogP contribution >= 0.6 is 24.0 Å². The molecule has 1 aliphatic heterocycles. The van der Waals surface area contributed by atoms with Gasteiger partial charge in [-0.2, -0.15) is 0 Å². The fraction of sp³-hybridized carbons (Fsp3) is 0.947. The second-order valence-electron chi connectivity index (χ2n) is 8.62. The highest BCUT2D eigenvalue weighted by molar-refractivity contribution is 14.0. The number of halogens is 1.